The zero-order chi connectivity index (χ0) is 26.5. The van der Waals surface area contributed by atoms with Crippen LogP contribution in [-0.4, -0.2) is 60.6 Å². The van der Waals surface area contributed by atoms with Crippen LogP contribution in [0.3, 0.4) is 0 Å². The number of ether oxygens (including phenoxy) is 4. The number of fused-ring (bicyclic) bond motifs is 2. The number of esters is 1. The summed E-state index contributed by atoms with van der Waals surface area (Å²) in [5.74, 6) is -3.91. The predicted octanol–water partition coefficient (Wildman–Crippen LogP) is 4.34. The summed E-state index contributed by atoms with van der Waals surface area (Å²) in [6.45, 7) is 9.71. The van der Waals surface area contributed by atoms with E-state index in [0.29, 0.717) is 18.4 Å². The zero-order valence-corrected chi connectivity index (χ0v) is 22.1. The highest BCUT2D eigenvalue weighted by atomic mass is 16.7. The SMILES string of the molecule is C=C1C(C)C2OC(O)(C(C)C(=O)OC(c3ccccc3)CCCCC(OC)C(O)/C=C/C2C)C1OC. The van der Waals surface area contributed by atoms with Gasteiger partial charge < -0.3 is 29.2 Å². The number of benzene rings is 1. The van der Waals surface area contributed by atoms with E-state index < -0.39 is 42.1 Å². The minimum Gasteiger partial charge on any atom is -0.457 e. The van der Waals surface area contributed by atoms with Gasteiger partial charge in [-0.15, -0.1) is 0 Å². The Hall–Kier alpha value is -2.03. The molecule has 0 aliphatic carbocycles. The highest BCUT2D eigenvalue weighted by Gasteiger charge is 2.56. The molecule has 0 saturated carbocycles. The first-order chi connectivity index (χ1) is 17.1. The van der Waals surface area contributed by atoms with Gasteiger partial charge in [0.2, 0.25) is 5.79 Å². The van der Waals surface area contributed by atoms with E-state index in [-0.39, 0.29) is 17.9 Å². The number of hydrogen-bond donors (Lipinski definition) is 2. The van der Waals surface area contributed by atoms with Crippen molar-refractivity contribution in [3.05, 3.63) is 60.2 Å². The molecule has 1 saturated heterocycles. The monoisotopic (exact) mass is 502 g/mol. The number of aliphatic hydroxyl groups is 2. The van der Waals surface area contributed by atoms with E-state index in [2.05, 4.69) is 6.58 Å². The molecule has 2 bridgehead atoms. The predicted molar refractivity (Wildman–Crippen MR) is 137 cm³/mol. The van der Waals surface area contributed by atoms with Gasteiger partial charge in [-0.3, -0.25) is 4.79 Å². The Labute approximate surface area is 215 Å². The maximum atomic E-state index is 13.5. The first-order valence-corrected chi connectivity index (χ1v) is 12.9. The summed E-state index contributed by atoms with van der Waals surface area (Å²) in [5, 5.41) is 22.6. The molecule has 1 fully saturated rings. The van der Waals surface area contributed by atoms with Gasteiger partial charge >= 0.3 is 5.97 Å². The Morgan fingerprint density at radius 2 is 1.69 bits per heavy atom. The van der Waals surface area contributed by atoms with Crippen LogP contribution in [-0.2, 0) is 23.7 Å². The van der Waals surface area contributed by atoms with Crippen LogP contribution in [0.2, 0.25) is 0 Å². The smallest absolute Gasteiger partial charge is 0.314 e. The van der Waals surface area contributed by atoms with Crippen molar-refractivity contribution in [3.8, 4) is 0 Å². The number of aliphatic hydroxyl groups excluding tert-OH is 1. The van der Waals surface area contributed by atoms with E-state index in [1.165, 1.54) is 7.11 Å². The third kappa shape index (κ3) is 6.09. The fourth-order valence-electron chi connectivity index (χ4n) is 5.31. The molecule has 2 aliphatic heterocycles. The second-order valence-electron chi connectivity index (χ2n) is 10.2. The number of cyclic esters (lactones) is 1. The lowest BCUT2D eigenvalue weighted by atomic mass is 9.77. The minimum atomic E-state index is -1.96. The highest BCUT2D eigenvalue weighted by Crippen LogP contribution is 2.43. The van der Waals surface area contributed by atoms with Gasteiger partial charge in [0.05, 0.1) is 18.3 Å². The third-order valence-corrected chi connectivity index (χ3v) is 7.77. The maximum absolute atomic E-state index is 13.5. The Morgan fingerprint density at radius 3 is 2.33 bits per heavy atom. The number of methoxy groups -OCH3 is 2. The molecule has 200 valence electrons. The number of carbonyl (C=O) groups excluding carboxylic acids is 1. The van der Waals surface area contributed by atoms with Crippen molar-refractivity contribution in [2.75, 3.05) is 14.2 Å². The van der Waals surface area contributed by atoms with Crippen LogP contribution >= 0.6 is 0 Å². The van der Waals surface area contributed by atoms with Crippen molar-refractivity contribution in [1.29, 1.82) is 0 Å². The van der Waals surface area contributed by atoms with Gasteiger partial charge in [-0.25, -0.2) is 0 Å². The van der Waals surface area contributed by atoms with E-state index in [1.54, 1.807) is 20.1 Å². The van der Waals surface area contributed by atoms with E-state index in [1.807, 2.05) is 50.3 Å². The van der Waals surface area contributed by atoms with Crippen LogP contribution in [0.1, 0.15) is 58.1 Å². The zero-order valence-electron chi connectivity index (χ0n) is 22.1. The van der Waals surface area contributed by atoms with Gasteiger partial charge in [0.25, 0.3) is 0 Å². The van der Waals surface area contributed by atoms with E-state index >= 15 is 0 Å². The van der Waals surface area contributed by atoms with Gasteiger partial charge in [-0.2, -0.15) is 0 Å². The molecular weight excluding hydrogens is 460 g/mol. The average Bonchev–Trinajstić information content (AvgIpc) is 2.88. The van der Waals surface area contributed by atoms with Gasteiger partial charge in [0.1, 0.15) is 18.1 Å². The largest absolute Gasteiger partial charge is 0.457 e. The molecule has 1 aromatic carbocycles. The van der Waals surface area contributed by atoms with Crippen molar-refractivity contribution in [2.24, 2.45) is 17.8 Å². The van der Waals surface area contributed by atoms with E-state index in [4.69, 9.17) is 18.9 Å². The first kappa shape index (κ1) is 28.5. The fraction of sp³-hybridized carbons (Fsp3) is 0.621. The summed E-state index contributed by atoms with van der Waals surface area (Å²) < 4.78 is 23.5. The lowest BCUT2D eigenvalue weighted by Gasteiger charge is -2.50. The van der Waals surface area contributed by atoms with Crippen LogP contribution in [0.25, 0.3) is 0 Å². The van der Waals surface area contributed by atoms with Crippen LogP contribution < -0.4 is 0 Å². The van der Waals surface area contributed by atoms with Crippen LogP contribution in [0.15, 0.2) is 54.6 Å². The fourth-order valence-corrected chi connectivity index (χ4v) is 5.31. The number of hydrogen-bond acceptors (Lipinski definition) is 7. The molecule has 0 aromatic heterocycles. The Balaban J connectivity index is 2.00. The molecule has 2 heterocycles. The summed E-state index contributed by atoms with van der Waals surface area (Å²) in [4.78, 5) is 13.5. The summed E-state index contributed by atoms with van der Waals surface area (Å²) in [5.41, 5.74) is 1.53. The minimum absolute atomic E-state index is 0.163. The average molecular weight is 503 g/mol. The molecule has 3 rings (SSSR count). The maximum Gasteiger partial charge on any atom is 0.314 e. The van der Waals surface area contributed by atoms with Gasteiger partial charge in [-0.1, -0.05) is 69.3 Å². The lowest BCUT2D eigenvalue weighted by molar-refractivity contribution is -0.322. The first-order valence-electron chi connectivity index (χ1n) is 12.9. The molecule has 9 atom stereocenters. The van der Waals surface area contributed by atoms with Crippen LogP contribution in [0.4, 0.5) is 0 Å². The molecule has 2 aliphatic rings. The Morgan fingerprint density at radius 1 is 1.03 bits per heavy atom. The van der Waals surface area contributed by atoms with Crippen molar-refractivity contribution < 1.29 is 34.0 Å². The standard InChI is InChI=1S/C29H42O7/c1-18-16-17-23(30)25(33-5)15-11-10-14-24(22-12-8-7-9-13-22)35-28(31)21(4)29(32)27(34-6)20(3)19(2)26(18)36-29/h7-9,12-13,16-19,21,23-27,30,32H,3,10-11,14-15H2,1-2,4-6H3/b17-16+. The molecule has 1 aromatic rings. The topological polar surface area (TPSA) is 94.5 Å². The number of carbonyl (C=O) groups is 1. The van der Waals surface area contributed by atoms with Crippen molar-refractivity contribution in [1.82, 2.24) is 0 Å². The molecule has 0 radical (unpaired) electrons. The second-order valence-corrected chi connectivity index (χ2v) is 10.2. The van der Waals surface area contributed by atoms with Gasteiger partial charge in [-0.05, 0) is 37.3 Å². The lowest BCUT2D eigenvalue weighted by Crippen LogP contribution is -2.62. The van der Waals surface area contributed by atoms with Crippen molar-refractivity contribution >= 4 is 5.97 Å². The molecule has 9 unspecified atom stereocenters. The Bertz CT molecular complexity index is 900. The number of rotatable bonds is 3. The molecule has 7 heteroatoms. The molecule has 2 N–H and O–H groups in total. The molecule has 7 nitrogen and oxygen atoms in total. The van der Waals surface area contributed by atoms with E-state index in [9.17, 15) is 15.0 Å². The molecule has 36 heavy (non-hydrogen) atoms. The summed E-state index contributed by atoms with van der Waals surface area (Å²) in [6.07, 6.45) is 3.43. The second kappa shape index (κ2) is 12.5. The quantitative estimate of drug-likeness (QED) is 0.469. The van der Waals surface area contributed by atoms with E-state index in [0.717, 1.165) is 18.4 Å². The summed E-state index contributed by atoms with van der Waals surface area (Å²) in [7, 11) is 3.07. The summed E-state index contributed by atoms with van der Waals surface area (Å²) >= 11 is 0. The summed E-state index contributed by atoms with van der Waals surface area (Å²) in [6, 6.07) is 9.59. The van der Waals surface area contributed by atoms with Crippen molar-refractivity contribution in [3.63, 3.8) is 0 Å². The van der Waals surface area contributed by atoms with Crippen molar-refractivity contribution in [2.45, 2.75) is 82.8 Å². The van der Waals surface area contributed by atoms with Gasteiger partial charge in [0, 0.05) is 26.1 Å². The molecular formula is C29H42O7. The molecule has 0 spiro atoms. The normalized spacial score (nSPS) is 39.9. The highest BCUT2D eigenvalue weighted by molar-refractivity contribution is 5.74. The Kier molecular flexibility index (Phi) is 9.89. The van der Waals surface area contributed by atoms with Crippen LogP contribution in [0, 0.1) is 17.8 Å². The third-order valence-electron chi connectivity index (χ3n) is 7.77. The van der Waals surface area contributed by atoms with Crippen LogP contribution in [0.5, 0.6) is 0 Å². The molecule has 0 amide bonds. The van der Waals surface area contributed by atoms with Gasteiger partial charge in [0.15, 0.2) is 0 Å².